The van der Waals surface area contributed by atoms with Crippen molar-refractivity contribution < 1.29 is 0 Å². The van der Waals surface area contributed by atoms with E-state index >= 15 is 0 Å². The standard InChI is InChI=1S/C11H15N3S/c1-8-3-4-10(15-8)9(12-2)7-11-13-5-6-14-11/h3-6,9,12H,7H2,1-2H3,(H,13,14). The summed E-state index contributed by atoms with van der Waals surface area (Å²) in [5, 5.41) is 3.32. The molecule has 0 radical (unpaired) electrons. The van der Waals surface area contributed by atoms with E-state index in [2.05, 4.69) is 34.3 Å². The minimum absolute atomic E-state index is 0.356. The number of likely N-dealkylation sites (N-methyl/N-ethyl adjacent to an activating group) is 1. The second-order valence-corrected chi connectivity index (χ2v) is 4.85. The lowest BCUT2D eigenvalue weighted by atomic mass is 10.1. The van der Waals surface area contributed by atoms with Gasteiger partial charge in [-0.1, -0.05) is 0 Å². The number of aromatic nitrogens is 2. The molecule has 0 aliphatic carbocycles. The van der Waals surface area contributed by atoms with Crippen LogP contribution < -0.4 is 5.32 Å². The smallest absolute Gasteiger partial charge is 0.107 e. The van der Waals surface area contributed by atoms with Gasteiger partial charge in [0.05, 0.1) is 0 Å². The number of nitrogens with zero attached hydrogens (tertiary/aromatic N) is 1. The Labute approximate surface area is 93.6 Å². The topological polar surface area (TPSA) is 40.7 Å². The van der Waals surface area contributed by atoms with Crippen molar-refractivity contribution in [3.05, 3.63) is 40.1 Å². The number of aryl methyl sites for hydroxylation is 1. The molecule has 0 fully saturated rings. The fraction of sp³-hybridized carbons (Fsp3) is 0.364. The third-order valence-electron chi connectivity index (χ3n) is 2.41. The van der Waals surface area contributed by atoms with Crippen molar-refractivity contribution in [3.8, 4) is 0 Å². The van der Waals surface area contributed by atoms with Gasteiger partial charge in [0, 0.05) is 34.6 Å². The van der Waals surface area contributed by atoms with Gasteiger partial charge in [-0.25, -0.2) is 4.98 Å². The van der Waals surface area contributed by atoms with Crippen molar-refractivity contribution in [2.24, 2.45) is 0 Å². The minimum Gasteiger partial charge on any atom is -0.349 e. The molecule has 2 N–H and O–H groups in total. The molecule has 0 bridgehead atoms. The number of H-pyrrole nitrogens is 1. The van der Waals surface area contributed by atoms with Crippen LogP contribution >= 0.6 is 11.3 Å². The van der Waals surface area contributed by atoms with Gasteiger partial charge in [-0.2, -0.15) is 0 Å². The first-order valence-electron chi connectivity index (χ1n) is 5.01. The zero-order valence-corrected chi connectivity index (χ0v) is 9.77. The average molecular weight is 221 g/mol. The summed E-state index contributed by atoms with van der Waals surface area (Å²) in [5.41, 5.74) is 0. The summed E-state index contributed by atoms with van der Waals surface area (Å²) >= 11 is 1.84. The molecular formula is C11H15N3S. The van der Waals surface area contributed by atoms with E-state index in [0.29, 0.717) is 6.04 Å². The molecule has 0 amide bonds. The predicted octanol–water partition coefficient (Wildman–Crippen LogP) is 2.28. The number of thiophene rings is 1. The predicted molar refractivity (Wildman–Crippen MR) is 63.1 cm³/mol. The molecule has 2 heterocycles. The van der Waals surface area contributed by atoms with Crippen molar-refractivity contribution in [2.45, 2.75) is 19.4 Å². The van der Waals surface area contributed by atoms with Gasteiger partial charge in [0.1, 0.15) is 5.82 Å². The van der Waals surface area contributed by atoms with Crippen LogP contribution in [-0.4, -0.2) is 17.0 Å². The molecule has 1 unspecified atom stereocenters. The van der Waals surface area contributed by atoms with Crippen LogP contribution in [0.4, 0.5) is 0 Å². The number of hydrogen-bond donors (Lipinski definition) is 2. The van der Waals surface area contributed by atoms with Gasteiger partial charge in [-0.05, 0) is 26.1 Å². The van der Waals surface area contributed by atoms with Gasteiger partial charge >= 0.3 is 0 Å². The monoisotopic (exact) mass is 221 g/mol. The van der Waals surface area contributed by atoms with Crippen LogP contribution in [0.3, 0.4) is 0 Å². The summed E-state index contributed by atoms with van der Waals surface area (Å²) in [5.74, 6) is 1.03. The first kappa shape index (κ1) is 10.4. The average Bonchev–Trinajstić information content (AvgIpc) is 2.85. The molecule has 2 rings (SSSR count). The second kappa shape index (κ2) is 4.59. The highest BCUT2D eigenvalue weighted by Crippen LogP contribution is 2.24. The highest BCUT2D eigenvalue weighted by molar-refractivity contribution is 7.12. The molecule has 15 heavy (non-hydrogen) atoms. The van der Waals surface area contributed by atoms with E-state index in [1.807, 2.05) is 24.6 Å². The van der Waals surface area contributed by atoms with Gasteiger partial charge < -0.3 is 10.3 Å². The van der Waals surface area contributed by atoms with Gasteiger partial charge in [0.2, 0.25) is 0 Å². The van der Waals surface area contributed by atoms with Gasteiger partial charge in [-0.15, -0.1) is 11.3 Å². The van der Waals surface area contributed by atoms with E-state index in [-0.39, 0.29) is 0 Å². The third kappa shape index (κ3) is 2.46. The summed E-state index contributed by atoms with van der Waals surface area (Å²) in [4.78, 5) is 10.1. The fourth-order valence-electron chi connectivity index (χ4n) is 1.59. The number of imidazole rings is 1. The molecule has 1 atom stereocenters. The second-order valence-electron chi connectivity index (χ2n) is 3.53. The molecule has 4 heteroatoms. The lowest BCUT2D eigenvalue weighted by Crippen LogP contribution is -2.18. The first-order chi connectivity index (χ1) is 7.29. The van der Waals surface area contributed by atoms with Crippen molar-refractivity contribution in [1.82, 2.24) is 15.3 Å². The van der Waals surface area contributed by atoms with Crippen molar-refractivity contribution in [1.29, 1.82) is 0 Å². The van der Waals surface area contributed by atoms with Crippen LogP contribution in [-0.2, 0) is 6.42 Å². The Bertz CT molecular complexity index is 405. The largest absolute Gasteiger partial charge is 0.349 e. The Kier molecular flexibility index (Phi) is 3.18. The van der Waals surface area contributed by atoms with Crippen LogP contribution in [0.25, 0.3) is 0 Å². The Morgan fingerprint density at radius 1 is 1.53 bits per heavy atom. The molecule has 0 spiro atoms. The lowest BCUT2D eigenvalue weighted by Gasteiger charge is -2.12. The summed E-state index contributed by atoms with van der Waals surface area (Å²) in [6, 6.07) is 4.70. The molecule has 0 saturated carbocycles. The molecule has 80 valence electrons. The summed E-state index contributed by atoms with van der Waals surface area (Å²) in [6.45, 7) is 2.13. The molecule has 2 aromatic rings. The highest BCUT2D eigenvalue weighted by atomic mass is 32.1. The number of nitrogens with one attached hydrogen (secondary N) is 2. The van der Waals surface area contributed by atoms with Gasteiger partial charge in [0.15, 0.2) is 0 Å². The molecule has 0 aliphatic heterocycles. The zero-order valence-electron chi connectivity index (χ0n) is 8.95. The Balaban J connectivity index is 2.11. The van der Waals surface area contributed by atoms with Crippen LogP contribution in [0, 0.1) is 6.92 Å². The Hall–Kier alpha value is -1.13. The number of hydrogen-bond acceptors (Lipinski definition) is 3. The van der Waals surface area contributed by atoms with E-state index in [4.69, 9.17) is 0 Å². The molecule has 2 aromatic heterocycles. The van der Waals surface area contributed by atoms with E-state index in [9.17, 15) is 0 Å². The maximum atomic E-state index is 4.25. The molecule has 0 saturated heterocycles. The summed E-state index contributed by atoms with van der Waals surface area (Å²) in [6.07, 6.45) is 4.56. The van der Waals surface area contributed by atoms with E-state index in [1.54, 1.807) is 6.20 Å². The van der Waals surface area contributed by atoms with Crippen LogP contribution in [0.2, 0.25) is 0 Å². The van der Waals surface area contributed by atoms with Gasteiger partial charge in [0.25, 0.3) is 0 Å². The first-order valence-corrected chi connectivity index (χ1v) is 5.83. The molecule has 3 nitrogen and oxygen atoms in total. The molecule has 0 aliphatic rings. The van der Waals surface area contributed by atoms with Crippen molar-refractivity contribution >= 4 is 11.3 Å². The highest BCUT2D eigenvalue weighted by Gasteiger charge is 2.12. The normalized spacial score (nSPS) is 12.9. The van der Waals surface area contributed by atoms with Crippen molar-refractivity contribution in [2.75, 3.05) is 7.05 Å². The van der Waals surface area contributed by atoms with Crippen LogP contribution in [0.15, 0.2) is 24.5 Å². The van der Waals surface area contributed by atoms with Gasteiger partial charge in [-0.3, -0.25) is 0 Å². The zero-order chi connectivity index (χ0) is 10.7. The lowest BCUT2D eigenvalue weighted by molar-refractivity contribution is 0.587. The summed E-state index contributed by atoms with van der Waals surface area (Å²) < 4.78 is 0. The minimum atomic E-state index is 0.356. The van der Waals surface area contributed by atoms with E-state index < -0.39 is 0 Å². The Morgan fingerprint density at radius 3 is 2.93 bits per heavy atom. The quantitative estimate of drug-likeness (QED) is 0.831. The fourth-order valence-corrected chi connectivity index (χ4v) is 2.58. The molecular weight excluding hydrogens is 206 g/mol. The van der Waals surface area contributed by atoms with Crippen molar-refractivity contribution in [3.63, 3.8) is 0 Å². The van der Waals surface area contributed by atoms with E-state index in [1.165, 1.54) is 9.75 Å². The third-order valence-corrected chi connectivity index (χ3v) is 3.52. The maximum Gasteiger partial charge on any atom is 0.107 e. The maximum absolute atomic E-state index is 4.25. The summed E-state index contributed by atoms with van der Waals surface area (Å²) in [7, 11) is 1.99. The van der Waals surface area contributed by atoms with Crippen LogP contribution in [0.1, 0.15) is 21.6 Å². The number of aromatic amines is 1. The number of rotatable bonds is 4. The SMILES string of the molecule is CNC(Cc1ncc[nH]1)c1ccc(C)s1. The molecule has 0 aromatic carbocycles. The Morgan fingerprint density at radius 2 is 2.40 bits per heavy atom. The van der Waals surface area contributed by atoms with Crippen LogP contribution in [0.5, 0.6) is 0 Å². The van der Waals surface area contributed by atoms with E-state index in [0.717, 1.165) is 12.2 Å².